The smallest absolute Gasteiger partial charge is 0.227 e. The van der Waals surface area contributed by atoms with Crippen molar-refractivity contribution in [2.75, 3.05) is 38.6 Å². The van der Waals surface area contributed by atoms with Gasteiger partial charge < -0.3 is 20.4 Å². The molecule has 23 heavy (non-hydrogen) atoms. The summed E-state index contributed by atoms with van der Waals surface area (Å²) in [5, 5.41) is 7.10. The Morgan fingerprint density at radius 2 is 2.00 bits per heavy atom. The molecule has 0 spiro atoms. The first-order valence-electron chi connectivity index (χ1n) is 8.12. The molecule has 0 bridgehead atoms. The van der Waals surface area contributed by atoms with Crippen molar-refractivity contribution in [3.63, 3.8) is 0 Å². The Morgan fingerprint density at radius 1 is 1.26 bits per heavy atom. The van der Waals surface area contributed by atoms with Crippen LogP contribution in [0.4, 0.5) is 5.69 Å². The van der Waals surface area contributed by atoms with Crippen molar-refractivity contribution >= 4 is 28.9 Å². The molecular weight excluding hydrogens is 308 g/mol. The topological polar surface area (TPSA) is 47.6 Å². The Labute approximate surface area is 144 Å². The van der Waals surface area contributed by atoms with Crippen LogP contribution in [-0.2, 0) is 11.3 Å². The molecule has 1 aliphatic rings. The van der Waals surface area contributed by atoms with Crippen LogP contribution in [0.15, 0.2) is 24.3 Å². The maximum atomic E-state index is 11.7. The van der Waals surface area contributed by atoms with E-state index in [1.165, 1.54) is 0 Å². The summed E-state index contributed by atoms with van der Waals surface area (Å²) in [4.78, 5) is 15.7. The van der Waals surface area contributed by atoms with Crippen molar-refractivity contribution in [3.8, 4) is 0 Å². The number of rotatable bonds is 7. The zero-order valence-electron chi connectivity index (χ0n) is 14.0. The zero-order chi connectivity index (χ0) is 16.7. The molecule has 1 heterocycles. The van der Waals surface area contributed by atoms with Crippen LogP contribution in [0.2, 0.25) is 0 Å². The standard InChI is InChI=1S/C17H26N4OS/c1-20(2)11-4-10-18-17(23)19-13-14-6-8-15(9-7-14)21-12-3-5-16(21)22/h6-9H,3-5,10-13H2,1-2H3,(H2,18,19,23). The number of carbonyl (C=O) groups excluding carboxylic acids is 1. The highest BCUT2D eigenvalue weighted by molar-refractivity contribution is 7.80. The summed E-state index contributed by atoms with van der Waals surface area (Å²) in [6, 6.07) is 8.10. The third kappa shape index (κ3) is 5.80. The number of nitrogens with zero attached hydrogens (tertiary/aromatic N) is 2. The summed E-state index contributed by atoms with van der Waals surface area (Å²) in [6.45, 7) is 3.44. The number of amides is 1. The molecular formula is C17H26N4OS. The van der Waals surface area contributed by atoms with Gasteiger partial charge >= 0.3 is 0 Å². The van der Waals surface area contributed by atoms with Crippen molar-refractivity contribution in [2.45, 2.75) is 25.8 Å². The van der Waals surface area contributed by atoms with Gasteiger partial charge in [-0.2, -0.15) is 0 Å². The minimum Gasteiger partial charge on any atom is -0.363 e. The van der Waals surface area contributed by atoms with Gasteiger partial charge in [0.2, 0.25) is 5.91 Å². The first-order chi connectivity index (χ1) is 11.1. The second-order valence-electron chi connectivity index (χ2n) is 6.08. The minimum atomic E-state index is 0.221. The van der Waals surface area contributed by atoms with E-state index in [1.54, 1.807) is 0 Å². The molecule has 2 N–H and O–H groups in total. The predicted octanol–water partition coefficient (Wildman–Crippen LogP) is 1.73. The number of hydrogen-bond acceptors (Lipinski definition) is 3. The summed E-state index contributed by atoms with van der Waals surface area (Å²) in [7, 11) is 4.13. The fourth-order valence-corrected chi connectivity index (χ4v) is 2.73. The molecule has 0 saturated carbocycles. The molecule has 2 rings (SSSR count). The lowest BCUT2D eigenvalue weighted by atomic mass is 10.2. The molecule has 0 unspecified atom stereocenters. The van der Waals surface area contributed by atoms with E-state index in [-0.39, 0.29) is 5.91 Å². The number of anilines is 1. The Bertz CT molecular complexity index is 530. The highest BCUT2D eigenvalue weighted by Crippen LogP contribution is 2.21. The molecule has 1 aromatic rings. The van der Waals surface area contributed by atoms with Gasteiger partial charge in [0.15, 0.2) is 5.11 Å². The Kier molecular flexibility index (Phi) is 6.80. The van der Waals surface area contributed by atoms with Crippen LogP contribution in [0.5, 0.6) is 0 Å². The second-order valence-corrected chi connectivity index (χ2v) is 6.49. The Morgan fingerprint density at radius 3 is 2.61 bits per heavy atom. The van der Waals surface area contributed by atoms with Crippen LogP contribution in [0.25, 0.3) is 0 Å². The molecule has 5 nitrogen and oxygen atoms in total. The van der Waals surface area contributed by atoms with Gasteiger partial charge in [-0.05, 0) is 63.4 Å². The van der Waals surface area contributed by atoms with Gasteiger partial charge in [-0.25, -0.2) is 0 Å². The molecule has 1 aromatic carbocycles. The van der Waals surface area contributed by atoms with Gasteiger partial charge in [-0.1, -0.05) is 12.1 Å². The lowest BCUT2D eigenvalue weighted by Gasteiger charge is -2.16. The third-order valence-corrected chi connectivity index (χ3v) is 4.13. The SMILES string of the molecule is CN(C)CCCNC(=S)NCc1ccc(N2CCCC2=O)cc1. The number of nitrogens with one attached hydrogen (secondary N) is 2. The second kappa shape index (κ2) is 8.84. The van der Waals surface area contributed by atoms with E-state index in [2.05, 4.69) is 29.6 Å². The van der Waals surface area contributed by atoms with E-state index in [4.69, 9.17) is 12.2 Å². The van der Waals surface area contributed by atoms with E-state index < -0.39 is 0 Å². The lowest BCUT2D eigenvalue weighted by Crippen LogP contribution is -2.36. The van der Waals surface area contributed by atoms with Gasteiger partial charge in [0, 0.05) is 31.7 Å². The highest BCUT2D eigenvalue weighted by Gasteiger charge is 2.21. The highest BCUT2D eigenvalue weighted by atomic mass is 32.1. The Hall–Kier alpha value is -1.66. The molecule has 1 aliphatic heterocycles. The van der Waals surface area contributed by atoms with Crippen molar-refractivity contribution in [1.82, 2.24) is 15.5 Å². The van der Waals surface area contributed by atoms with E-state index in [9.17, 15) is 4.79 Å². The summed E-state index contributed by atoms with van der Waals surface area (Å²) in [5.41, 5.74) is 2.14. The molecule has 126 valence electrons. The maximum absolute atomic E-state index is 11.7. The van der Waals surface area contributed by atoms with Gasteiger partial charge in [0.1, 0.15) is 0 Å². The quantitative estimate of drug-likeness (QED) is 0.587. The van der Waals surface area contributed by atoms with Crippen LogP contribution in [0.1, 0.15) is 24.8 Å². The molecule has 1 amide bonds. The molecule has 1 fully saturated rings. The predicted molar refractivity (Wildman–Crippen MR) is 98.6 cm³/mol. The first-order valence-corrected chi connectivity index (χ1v) is 8.53. The van der Waals surface area contributed by atoms with E-state index >= 15 is 0 Å². The van der Waals surface area contributed by atoms with Crippen LogP contribution in [0.3, 0.4) is 0 Å². The van der Waals surface area contributed by atoms with Gasteiger partial charge in [-0.15, -0.1) is 0 Å². The fraction of sp³-hybridized carbons (Fsp3) is 0.529. The summed E-state index contributed by atoms with van der Waals surface area (Å²) in [5.74, 6) is 0.221. The normalized spacial score (nSPS) is 14.4. The summed E-state index contributed by atoms with van der Waals surface area (Å²) >= 11 is 5.27. The van der Waals surface area contributed by atoms with Crippen molar-refractivity contribution in [3.05, 3.63) is 29.8 Å². The Balaban J connectivity index is 1.71. The van der Waals surface area contributed by atoms with Crippen LogP contribution >= 0.6 is 12.2 Å². The van der Waals surface area contributed by atoms with E-state index in [0.29, 0.717) is 18.1 Å². The monoisotopic (exact) mass is 334 g/mol. The molecule has 1 saturated heterocycles. The van der Waals surface area contributed by atoms with E-state index in [0.717, 1.165) is 43.7 Å². The largest absolute Gasteiger partial charge is 0.363 e. The van der Waals surface area contributed by atoms with Gasteiger partial charge in [0.05, 0.1) is 0 Å². The van der Waals surface area contributed by atoms with Crippen LogP contribution in [0, 0.1) is 0 Å². The van der Waals surface area contributed by atoms with Crippen molar-refractivity contribution in [1.29, 1.82) is 0 Å². The summed E-state index contributed by atoms with van der Waals surface area (Å²) < 4.78 is 0. The molecule has 0 aliphatic carbocycles. The molecule has 0 aromatic heterocycles. The molecule has 0 radical (unpaired) electrons. The van der Waals surface area contributed by atoms with Crippen LogP contribution < -0.4 is 15.5 Å². The number of benzene rings is 1. The average Bonchev–Trinajstić information content (AvgIpc) is 2.96. The fourth-order valence-electron chi connectivity index (χ4n) is 2.56. The van der Waals surface area contributed by atoms with Crippen LogP contribution in [-0.4, -0.2) is 49.6 Å². The number of hydrogen-bond donors (Lipinski definition) is 2. The molecule has 0 atom stereocenters. The number of carbonyl (C=O) groups is 1. The van der Waals surface area contributed by atoms with Crippen molar-refractivity contribution in [2.24, 2.45) is 0 Å². The average molecular weight is 334 g/mol. The zero-order valence-corrected chi connectivity index (χ0v) is 14.8. The summed E-state index contributed by atoms with van der Waals surface area (Å²) in [6.07, 6.45) is 2.68. The first kappa shape index (κ1) is 17.7. The van der Waals surface area contributed by atoms with E-state index in [1.807, 2.05) is 29.2 Å². The van der Waals surface area contributed by atoms with Crippen molar-refractivity contribution < 1.29 is 4.79 Å². The van der Waals surface area contributed by atoms with Gasteiger partial charge in [-0.3, -0.25) is 4.79 Å². The maximum Gasteiger partial charge on any atom is 0.227 e. The lowest BCUT2D eigenvalue weighted by molar-refractivity contribution is -0.117. The molecule has 6 heteroatoms. The van der Waals surface area contributed by atoms with Gasteiger partial charge in [0.25, 0.3) is 0 Å². The number of thiocarbonyl (C=S) groups is 1. The minimum absolute atomic E-state index is 0.221. The third-order valence-electron chi connectivity index (χ3n) is 3.84.